The number of aromatic nitrogens is 4. The number of halogens is 5. The van der Waals surface area contributed by atoms with Crippen molar-refractivity contribution in [3.63, 3.8) is 0 Å². The van der Waals surface area contributed by atoms with Gasteiger partial charge in [0.15, 0.2) is 5.78 Å². The molecule has 3 atom stereocenters. The first-order valence-electron chi connectivity index (χ1n) is 15.8. The molecule has 4 aliphatic rings. The van der Waals surface area contributed by atoms with Crippen molar-refractivity contribution in [1.29, 1.82) is 0 Å². The fourth-order valence-corrected chi connectivity index (χ4v) is 9.23. The highest BCUT2D eigenvalue weighted by molar-refractivity contribution is 7.89. The fraction of sp³-hybridized carbons (Fsp3) is 0.455. The molecule has 0 saturated heterocycles. The van der Waals surface area contributed by atoms with E-state index in [9.17, 15) is 26.4 Å². The third-order valence-electron chi connectivity index (χ3n) is 9.98. The predicted octanol–water partition coefficient (Wildman–Crippen LogP) is 5.57. The zero-order valence-electron chi connectivity index (χ0n) is 27.0. The third-order valence-corrected chi connectivity index (χ3v) is 11.8. The molecule has 16 heteroatoms. The number of ketones is 1. The molecule has 2 fully saturated rings. The maximum atomic E-state index is 16.2. The van der Waals surface area contributed by atoms with Crippen LogP contribution in [0.4, 0.5) is 27.6 Å². The van der Waals surface area contributed by atoms with E-state index in [1.807, 2.05) is 0 Å². The van der Waals surface area contributed by atoms with Gasteiger partial charge in [0.25, 0.3) is 27.0 Å². The van der Waals surface area contributed by atoms with E-state index in [1.54, 1.807) is 6.08 Å². The maximum absolute atomic E-state index is 16.2. The molecule has 7 rings (SSSR count). The Kier molecular flexibility index (Phi) is 8.81. The first-order chi connectivity index (χ1) is 23.1. The topological polar surface area (TPSA) is 136 Å². The zero-order valence-corrected chi connectivity index (χ0v) is 27.8. The number of Topliss-reactive ketones (excluding diaryl/α,β-unsaturated/α-hetero) is 1. The summed E-state index contributed by atoms with van der Waals surface area (Å²) in [4.78, 5) is 22.7. The molecule has 3 aromatic rings. The van der Waals surface area contributed by atoms with Gasteiger partial charge in [-0.1, -0.05) is 12.5 Å². The first kappa shape index (κ1) is 34.8. The number of rotatable bonds is 6. The zero-order chi connectivity index (χ0) is 35.5. The quantitative estimate of drug-likeness (QED) is 0.318. The Morgan fingerprint density at radius 2 is 1.71 bits per heavy atom. The molecule has 262 valence electrons. The van der Waals surface area contributed by atoms with Crippen LogP contribution in [0.15, 0.2) is 77.0 Å². The Bertz CT molecular complexity index is 1940. The van der Waals surface area contributed by atoms with Gasteiger partial charge in [0.05, 0.1) is 5.41 Å². The summed E-state index contributed by atoms with van der Waals surface area (Å²) >= 11 is 0. The molecule has 2 saturated carbocycles. The molecule has 1 spiro atoms. The van der Waals surface area contributed by atoms with Crippen molar-refractivity contribution < 1.29 is 35.2 Å². The molecule has 0 radical (unpaired) electrons. The van der Waals surface area contributed by atoms with Crippen LogP contribution in [0.3, 0.4) is 0 Å². The van der Waals surface area contributed by atoms with Gasteiger partial charge >= 0.3 is 0 Å². The number of allylic oxidation sites excluding steroid dienone is 3. The van der Waals surface area contributed by atoms with Gasteiger partial charge in [-0.15, -0.1) is 5.10 Å². The van der Waals surface area contributed by atoms with Crippen LogP contribution >= 0.6 is 0 Å². The highest BCUT2D eigenvalue weighted by Gasteiger charge is 2.59. The van der Waals surface area contributed by atoms with Crippen LogP contribution in [0.1, 0.15) is 61.5 Å². The average molecular weight is 706 g/mol. The highest BCUT2D eigenvalue weighted by atomic mass is 32.2. The second-order valence-corrected chi connectivity index (χ2v) is 14.7. The summed E-state index contributed by atoms with van der Waals surface area (Å²) in [6, 6.07) is 5.64. The number of alkyl halides is 4. The van der Waals surface area contributed by atoms with Gasteiger partial charge in [0, 0.05) is 61.0 Å². The molecule has 0 aliphatic heterocycles. The smallest absolute Gasteiger partial charge is 0.282 e. The second-order valence-electron chi connectivity index (χ2n) is 13.0. The van der Waals surface area contributed by atoms with Crippen LogP contribution in [0.5, 0.6) is 0 Å². The Balaban J connectivity index is 0.00000205. The van der Waals surface area contributed by atoms with E-state index in [1.165, 1.54) is 56.3 Å². The molecule has 2 heterocycles. The lowest BCUT2D eigenvalue weighted by Gasteiger charge is -2.51. The Hall–Kier alpha value is -4.02. The number of carbonyl (C=O) groups excluding carboxylic acids is 1. The minimum atomic E-state index is -4.50. The molecule has 4 bridgehead atoms. The molecule has 1 aromatic carbocycles. The minimum absolute atomic E-state index is 0.149. The Labute approximate surface area is 280 Å². The lowest BCUT2D eigenvalue weighted by Crippen LogP contribution is -2.59. The number of nitrogens with zero attached hydrogens (tertiary/aromatic N) is 5. The number of nitrogens with two attached hydrogens (primary N) is 1. The van der Waals surface area contributed by atoms with Crippen LogP contribution in [0, 0.1) is 17.2 Å². The third kappa shape index (κ3) is 5.97. The van der Waals surface area contributed by atoms with Gasteiger partial charge < -0.3 is 11.1 Å². The van der Waals surface area contributed by atoms with Crippen LogP contribution in [0.2, 0.25) is 0 Å². The summed E-state index contributed by atoms with van der Waals surface area (Å²) < 4.78 is 105. The summed E-state index contributed by atoms with van der Waals surface area (Å²) in [6.07, 6.45) is 2.61. The molecule has 3 N–H and O–H groups in total. The van der Waals surface area contributed by atoms with Crippen molar-refractivity contribution in [3.05, 3.63) is 88.9 Å². The highest BCUT2D eigenvalue weighted by Crippen LogP contribution is 2.57. The molecule has 49 heavy (non-hydrogen) atoms. The summed E-state index contributed by atoms with van der Waals surface area (Å²) in [7, 11) is -1.52. The number of benzene rings is 1. The number of nitrogens with one attached hydrogen (secondary N) is 1. The van der Waals surface area contributed by atoms with Crippen molar-refractivity contribution in [2.75, 3.05) is 12.4 Å². The van der Waals surface area contributed by atoms with Crippen molar-refractivity contribution in [2.24, 2.45) is 24.1 Å². The van der Waals surface area contributed by atoms with Crippen LogP contribution in [-0.2, 0) is 23.0 Å². The maximum Gasteiger partial charge on any atom is 0.282 e. The molecular formula is C33H36F5N7O3S. The molecule has 0 amide bonds. The van der Waals surface area contributed by atoms with E-state index in [0.29, 0.717) is 17.0 Å². The van der Waals surface area contributed by atoms with Crippen molar-refractivity contribution in [2.45, 2.75) is 74.5 Å². The van der Waals surface area contributed by atoms with E-state index in [0.717, 1.165) is 22.6 Å². The summed E-state index contributed by atoms with van der Waals surface area (Å²) in [5.41, 5.74) is 4.01. The van der Waals surface area contributed by atoms with Crippen LogP contribution < -0.4 is 11.1 Å². The number of hydrogen-bond acceptors (Lipinski definition) is 8. The van der Waals surface area contributed by atoms with Crippen LogP contribution in [0.25, 0.3) is 0 Å². The summed E-state index contributed by atoms with van der Waals surface area (Å²) in [5.74, 6) is -8.94. The average Bonchev–Trinajstić information content (AvgIpc) is 3.52. The number of sulfonamides is 1. The van der Waals surface area contributed by atoms with E-state index >= 15 is 8.78 Å². The van der Waals surface area contributed by atoms with E-state index < -0.39 is 80.4 Å². The van der Waals surface area contributed by atoms with Crippen molar-refractivity contribution >= 4 is 21.5 Å². The number of fused-ring (bicyclic) bond motifs is 3. The Morgan fingerprint density at radius 3 is 2.35 bits per heavy atom. The van der Waals surface area contributed by atoms with Gasteiger partial charge in [-0.25, -0.2) is 35.4 Å². The van der Waals surface area contributed by atoms with Gasteiger partial charge in [0.2, 0.25) is 0 Å². The summed E-state index contributed by atoms with van der Waals surface area (Å²) in [5, 5.41) is 6.55. The largest absolute Gasteiger partial charge is 0.356 e. The summed E-state index contributed by atoms with van der Waals surface area (Å²) in [6.45, 7) is 1.37. The predicted molar refractivity (Wildman–Crippen MR) is 170 cm³/mol. The number of carbonyl (C=O) groups is 1. The van der Waals surface area contributed by atoms with Gasteiger partial charge in [-0.3, -0.25) is 14.5 Å². The van der Waals surface area contributed by atoms with Gasteiger partial charge in [-0.05, 0) is 80.8 Å². The first-order valence-corrected chi connectivity index (χ1v) is 17.3. The monoisotopic (exact) mass is 705 g/mol. The van der Waals surface area contributed by atoms with E-state index in [-0.39, 0.29) is 37.0 Å². The lowest BCUT2D eigenvalue weighted by molar-refractivity contribution is -0.116. The fourth-order valence-electron chi connectivity index (χ4n) is 7.52. The van der Waals surface area contributed by atoms with E-state index in [2.05, 4.69) is 26.1 Å². The normalized spacial score (nSPS) is 25.9. The lowest BCUT2D eigenvalue weighted by atomic mass is 9.59. The number of anilines is 1. The van der Waals surface area contributed by atoms with Crippen LogP contribution in [-0.4, -0.2) is 63.3 Å². The van der Waals surface area contributed by atoms with Gasteiger partial charge in [0.1, 0.15) is 17.8 Å². The molecule has 4 aliphatic carbocycles. The number of aryl methyl sites for hydroxylation is 1. The SMILES string of the molecule is CC1C2=C(Nc3ccc(F)cc3)C=C3CC[C@H](N(C4CC(F)(F)C4)S(=O)(=O)c4ncn(C)n4)C[C@]3(C2)C(=O)c2cc(ccn2)C1(F)F.CN. The standard InChI is InChI=1S/C32H31F5N6O3S.CH5N/c1-18-25-16-30(28(44)27-12-20(9-10-38-27)32(18,36)37)13-23(8-3-19(30)11-26(25)40-22-6-4-21(33)5-7-22)43(24-14-31(34,35)15-24)47(45,46)29-39-17-42(2)41-29;1-2/h4-7,9-12,17-18,23-24,40H,3,8,13-16H2,1-2H3;2H2,1H3/t18?,23-,30+;/m0./s1. The molecule has 2 aromatic heterocycles. The molecular weight excluding hydrogens is 669 g/mol. The number of pyridine rings is 1. The minimum Gasteiger partial charge on any atom is -0.356 e. The van der Waals surface area contributed by atoms with E-state index in [4.69, 9.17) is 0 Å². The van der Waals surface area contributed by atoms with Gasteiger partial charge in [-0.2, -0.15) is 4.31 Å². The van der Waals surface area contributed by atoms with Crippen molar-refractivity contribution in [1.82, 2.24) is 24.1 Å². The second kappa shape index (κ2) is 12.4. The molecule has 10 nitrogen and oxygen atoms in total. The molecule has 1 unspecified atom stereocenters. The Morgan fingerprint density at radius 1 is 1.02 bits per heavy atom. The number of hydrogen-bond donors (Lipinski definition) is 2. The van der Waals surface area contributed by atoms with Crippen molar-refractivity contribution in [3.8, 4) is 0 Å².